The molecule has 0 aromatic heterocycles. The molecule has 0 aliphatic carbocycles. The number of nitrogens with one attached hydrogen (secondary N) is 1. The maximum atomic E-state index is 14.3. The second kappa shape index (κ2) is 9.02. The zero-order chi connectivity index (χ0) is 21.0. The highest BCUT2D eigenvalue weighted by Crippen LogP contribution is 2.37. The van der Waals surface area contributed by atoms with Crippen molar-refractivity contribution in [1.29, 1.82) is 0 Å². The Kier molecular flexibility index (Phi) is 6.20. The van der Waals surface area contributed by atoms with Gasteiger partial charge >= 0.3 is 6.03 Å². The van der Waals surface area contributed by atoms with Gasteiger partial charge in [0.2, 0.25) is 0 Å². The van der Waals surface area contributed by atoms with Crippen LogP contribution in [-0.2, 0) is 28.2 Å². The van der Waals surface area contributed by atoms with Crippen LogP contribution in [0.5, 0.6) is 5.75 Å². The van der Waals surface area contributed by atoms with Gasteiger partial charge in [0, 0.05) is 58.9 Å². The van der Waals surface area contributed by atoms with Crippen molar-refractivity contribution >= 4 is 6.03 Å². The van der Waals surface area contributed by atoms with Crippen LogP contribution in [0.1, 0.15) is 29.5 Å². The molecule has 160 valence electrons. The normalized spacial score (nSPS) is 18.3. The second-order valence-corrected chi connectivity index (χ2v) is 7.75. The quantitative estimate of drug-likeness (QED) is 0.752. The van der Waals surface area contributed by atoms with Crippen LogP contribution in [-0.4, -0.2) is 44.3 Å². The van der Waals surface area contributed by atoms with Gasteiger partial charge in [-0.1, -0.05) is 24.3 Å². The summed E-state index contributed by atoms with van der Waals surface area (Å²) in [5.74, 6) is 0.135. The molecular formula is C23H27FN2O4. The molecule has 6 nitrogen and oxygen atoms in total. The summed E-state index contributed by atoms with van der Waals surface area (Å²) < 4.78 is 31.4. The van der Waals surface area contributed by atoms with Gasteiger partial charge in [0.15, 0.2) is 0 Å². The van der Waals surface area contributed by atoms with Gasteiger partial charge in [0.05, 0.1) is 5.60 Å². The molecule has 7 heteroatoms. The standard InChI is InChI=1S/C23H27FN2O4/c1-28-23(6-10-29-11-7-23)19-12-20(24)14-21(13-19)30-16-18-4-2-17(3-5-18)15-26-9-8-25-22(26)27/h2-5,12-14H,6-11,15-16H2,1H3,(H,25,27). The predicted molar refractivity (Wildman–Crippen MR) is 110 cm³/mol. The van der Waals surface area contributed by atoms with Crippen LogP contribution in [0.25, 0.3) is 0 Å². The summed E-state index contributed by atoms with van der Waals surface area (Å²) in [6, 6.07) is 12.7. The van der Waals surface area contributed by atoms with Crippen molar-refractivity contribution in [1.82, 2.24) is 10.2 Å². The molecule has 2 amide bonds. The molecule has 2 aromatic carbocycles. The van der Waals surface area contributed by atoms with E-state index in [9.17, 15) is 9.18 Å². The van der Waals surface area contributed by atoms with Crippen molar-refractivity contribution in [2.24, 2.45) is 0 Å². The molecule has 2 aromatic rings. The topological polar surface area (TPSA) is 60.0 Å². The lowest BCUT2D eigenvalue weighted by Crippen LogP contribution is -2.35. The molecule has 1 N–H and O–H groups in total. The van der Waals surface area contributed by atoms with E-state index in [-0.39, 0.29) is 11.8 Å². The molecule has 0 atom stereocenters. The van der Waals surface area contributed by atoms with E-state index >= 15 is 0 Å². The Bertz CT molecular complexity index is 881. The van der Waals surface area contributed by atoms with Crippen molar-refractivity contribution < 1.29 is 23.4 Å². The molecule has 2 fully saturated rings. The van der Waals surface area contributed by atoms with Gasteiger partial charge in [-0.3, -0.25) is 0 Å². The first kappa shape index (κ1) is 20.6. The average Bonchev–Trinajstić information content (AvgIpc) is 3.17. The number of nitrogens with zero attached hydrogens (tertiary/aromatic N) is 1. The first-order valence-electron chi connectivity index (χ1n) is 10.3. The third-order valence-electron chi connectivity index (χ3n) is 5.84. The Morgan fingerprint density at radius 3 is 2.53 bits per heavy atom. The van der Waals surface area contributed by atoms with Gasteiger partial charge in [0.1, 0.15) is 18.2 Å². The van der Waals surface area contributed by atoms with Crippen molar-refractivity contribution in [3.63, 3.8) is 0 Å². The smallest absolute Gasteiger partial charge is 0.317 e. The van der Waals surface area contributed by atoms with Crippen LogP contribution >= 0.6 is 0 Å². The van der Waals surface area contributed by atoms with E-state index in [1.54, 1.807) is 12.0 Å². The largest absolute Gasteiger partial charge is 0.489 e. The number of ether oxygens (including phenoxy) is 3. The van der Waals surface area contributed by atoms with Crippen molar-refractivity contribution in [2.75, 3.05) is 33.4 Å². The van der Waals surface area contributed by atoms with Gasteiger partial charge in [-0.25, -0.2) is 9.18 Å². The summed E-state index contributed by atoms with van der Waals surface area (Å²) in [4.78, 5) is 13.4. The Labute approximate surface area is 175 Å². The minimum Gasteiger partial charge on any atom is -0.489 e. The van der Waals surface area contributed by atoms with Crippen LogP contribution in [0, 0.1) is 5.82 Å². The zero-order valence-corrected chi connectivity index (χ0v) is 17.2. The van der Waals surface area contributed by atoms with Crippen molar-refractivity contribution in [3.8, 4) is 5.75 Å². The molecule has 0 bridgehead atoms. The summed E-state index contributed by atoms with van der Waals surface area (Å²) in [7, 11) is 1.66. The maximum absolute atomic E-state index is 14.3. The van der Waals surface area contributed by atoms with Crippen LogP contribution in [0.3, 0.4) is 0 Å². The number of rotatable bonds is 7. The summed E-state index contributed by atoms with van der Waals surface area (Å²) in [5.41, 5.74) is 2.28. The Morgan fingerprint density at radius 2 is 1.87 bits per heavy atom. The highest BCUT2D eigenvalue weighted by molar-refractivity contribution is 5.76. The third-order valence-corrected chi connectivity index (χ3v) is 5.84. The van der Waals surface area contributed by atoms with E-state index in [0.717, 1.165) is 23.2 Å². The number of halogens is 1. The highest BCUT2D eigenvalue weighted by atomic mass is 19.1. The first-order valence-corrected chi connectivity index (χ1v) is 10.3. The van der Waals surface area contributed by atoms with Crippen LogP contribution in [0.2, 0.25) is 0 Å². The lowest BCUT2D eigenvalue weighted by Gasteiger charge is -2.36. The summed E-state index contributed by atoms with van der Waals surface area (Å²) in [5, 5.41) is 2.80. The molecule has 2 saturated heterocycles. The summed E-state index contributed by atoms with van der Waals surface area (Å²) in [6.45, 7) is 3.51. The first-order chi connectivity index (χ1) is 14.6. The van der Waals surface area contributed by atoms with Crippen molar-refractivity contribution in [3.05, 3.63) is 65.0 Å². The molecule has 2 heterocycles. The van der Waals surface area contributed by atoms with Crippen LogP contribution < -0.4 is 10.1 Å². The second-order valence-electron chi connectivity index (χ2n) is 7.75. The van der Waals surface area contributed by atoms with Gasteiger partial charge in [0.25, 0.3) is 0 Å². The lowest BCUT2D eigenvalue weighted by atomic mass is 9.86. The highest BCUT2D eigenvalue weighted by Gasteiger charge is 2.35. The fraction of sp³-hybridized carbons (Fsp3) is 0.435. The van der Waals surface area contributed by atoms with E-state index in [0.29, 0.717) is 51.5 Å². The summed E-state index contributed by atoms with van der Waals surface area (Å²) in [6.07, 6.45) is 1.37. The van der Waals surface area contributed by atoms with E-state index < -0.39 is 5.60 Å². The van der Waals surface area contributed by atoms with Gasteiger partial charge < -0.3 is 24.4 Å². The Hall–Kier alpha value is -2.64. The Balaban J connectivity index is 1.41. The molecule has 0 saturated carbocycles. The van der Waals surface area contributed by atoms with Gasteiger partial charge in [-0.2, -0.15) is 0 Å². The number of methoxy groups -OCH3 is 1. The van der Waals surface area contributed by atoms with Gasteiger partial charge in [-0.05, 0) is 28.8 Å². The molecule has 2 aliphatic heterocycles. The third kappa shape index (κ3) is 4.57. The minimum atomic E-state index is -0.540. The fourth-order valence-corrected chi connectivity index (χ4v) is 4.01. The van der Waals surface area contributed by atoms with E-state index in [1.165, 1.54) is 12.1 Å². The minimum absolute atomic E-state index is 0.0253. The molecule has 0 unspecified atom stereocenters. The molecular weight excluding hydrogens is 387 g/mol. The zero-order valence-electron chi connectivity index (χ0n) is 17.2. The number of hydrogen-bond donors (Lipinski definition) is 1. The number of carbonyl (C=O) groups is 1. The van der Waals surface area contributed by atoms with Gasteiger partial charge in [-0.15, -0.1) is 0 Å². The fourth-order valence-electron chi connectivity index (χ4n) is 4.01. The van der Waals surface area contributed by atoms with E-state index in [2.05, 4.69) is 5.32 Å². The van der Waals surface area contributed by atoms with E-state index in [4.69, 9.17) is 14.2 Å². The molecule has 30 heavy (non-hydrogen) atoms. The molecule has 2 aliphatic rings. The van der Waals surface area contributed by atoms with Crippen LogP contribution in [0.4, 0.5) is 9.18 Å². The number of amides is 2. The SMILES string of the molecule is COC1(c2cc(F)cc(OCc3ccc(CN4CCNC4=O)cc3)c2)CCOCC1. The van der Waals surface area contributed by atoms with Crippen molar-refractivity contribution in [2.45, 2.75) is 31.6 Å². The van der Waals surface area contributed by atoms with Crippen LogP contribution in [0.15, 0.2) is 42.5 Å². The van der Waals surface area contributed by atoms with E-state index in [1.807, 2.05) is 30.3 Å². The lowest BCUT2D eigenvalue weighted by molar-refractivity contribution is -0.0950. The number of carbonyl (C=O) groups excluding carboxylic acids is 1. The maximum Gasteiger partial charge on any atom is 0.317 e. The predicted octanol–water partition coefficient (Wildman–Crippen LogP) is 3.58. The number of urea groups is 1. The molecule has 4 rings (SSSR count). The molecule has 0 spiro atoms. The summed E-state index contributed by atoms with van der Waals surface area (Å²) >= 11 is 0. The number of benzene rings is 2. The number of hydrogen-bond acceptors (Lipinski definition) is 4. The monoisotopic (exact) mass is 414 g/mol. The molecule has 0 radical (unpaired) electrons. The Morgan fingerprint density at radius 1 is 1.13 bits per heavy atom. The average molecular weight is 414 g/mol.